The van der Waals surface area contributed by atoms with Crippen molar-refractivity contribution in [3.05, 3.63) is 70.3 Å². The number of piperidine rings is 1. The van der Waals surface area contributed by atoms with Gasteiger partial charge in [0.25, 0.3) is 5.56 Å². The highest BCUT2D eigenvalue weighted by Gasteiger charge is 2.29. The van der Waals surface area contributed by atoms with E-state index in [4.69, 9.17) is 16.7 Å². The van der Waals surface area contributed by atoms with Crippen molar-refractivity contribution in [1.82, 2.24) is 29.4 Å². The van der Waals surface area contributed by atoms with E-state index in [1.807, 2.05) is 34.7 Å². The van der Waals surface area contributed by atoms with Gasteiger partial charge in [0.15, 0.2) is 0 Å². The number of amides is 1. The molecule has 0 unspecified atom stereocenters. The molecule has 34 heavy (non-hydrogen) atoms. The molecule has 1 aliphatic rings. The number of rotatable bonds is 4. The van der Waals surface area contributed by atoms with Gasteiger partial charge in [-0.1, -0.05) is 24.2 Å². The maximum atomic E-state index is 12.5. The Morgan fingerprint density at radius 1 is 1.21 bits per heavy atom. The average Bonchev–Trinajstić information content (AvgIpc) is 3.45. The highest BCUT2D eigenvalue weighted by molar-refractivity contribution is 6.35. The Morgan fingerprint density at radius 3 is 2.71 bits per heavy atom. The predicted molar refractivity (Wildman–Crippen MR) is 133 cm³/mol. The fourth-order valence-corrected chi connectivity index (χ4v) is 5.12. The zero-order valence-electron chi connectivity index (χ0n) is 19.1. The summed E-state index contributed by atoms with van der Waals surface area (Å²) in [6.45, 7) is 6.91. The molecule has 1 N–H and O–H groups in total. The number of aromatic amines is 1. The summed E-state index contributed by atoms with van der Waals surface area (Å²) < 4.78 is 3.64. The van der Waals surface area contributed by atoms with Gasteiger partial charge in [0.05, 0.1) is 23.4 Å². The number of H-pyrrole nitrogens is 1. The van der Waals surface area contributed by atoms with E-state index in [1.54, 1.807) is 23.9 Å². The van der Waals surface area contributed by atoms with Gasteiger partial charge in [0.1, 0.15) is 5.69 Å². The van der Waals surface area contributed by atoms with Gasteiger partial charge in [-0.3, -0.25) is 19.4 Å². The Morgan fingerprint density at radius 2 is 1.97 bits per heavy atom. The fraction of sp³-hybridized carbons (Fsp3) is 0.280. The molecule has 5 rings (SSSR count). The van der Waals surface area contributed by atoms with Crippen molar-refractivity contribution in [2.24, 2.45) is 7.05 Å². The van der Waals surface area contributed by atoms with Crippen LogP contribution in [0.3, 0.4) is 0 Å². The summed E-state index contributed by atoms with van der Waals surface area (Å²) in [5.74, 6) is -0.0466. The first-order valence-corrected chi connectivity index (χ1v) is 11.6. The maximum absolute atomic E-state index is 12.5. The molecular formula is C25H25ClN6O2. The molecule has 1 aromatic carbocycles. The van der Waals surface area contributed by atoms with Crippen LogP contribution in [0.4, 0.5) is 0 Å². The van der Waals surface area contributed by atoms with Gasteiger partial charge < -0.3 is 9.47 Å². The number of hydrogen-bond donors (Lipinski definition) is 1. The summed E-state index contributed by atoms with van der Waals surface area (Å²) in [7, 11) is 1.75. The number of hydrogen-bond acceptors (Lipinski definition) is 4. The third kappa shape index (κ3) is 3.54. The van der Waals surface area contributed by atoms with Gasteiger partial charge in [-0.2, -0.15) is 10.2 Å². The summed E-state index contributed by atoms with van der Waals surface area (Å²) in [4.78, 5) is 26.3. The SMILES string of the molecule is C=CC(=O)N1CCC(n2nc(-c3cccc(=O)n3C)c(-c3c(Cl)ccc4[nH]ncc34)c2C)CC1. The van der Waals surface area contributed by atoms with Gasteiger partial charge in [-0.05, 0) is 44.0 Å². The van der Waals surface area contributed by atoms with E-state index in [1.165, 1.54) is 12.1 Å². The third-order valence-corrected chi connectivity index (χ3v) is 7.01. The Labute approximate surface area is 201 Å². The van der Waals surface area contributed by atoms with Crippen LogP contribution in [0.5, 0.6) is 0 Å². The first kappa shape index (κ1) is 22.2. The van der Waals surface area contributed by atoms with E-state index in [0.717, 1.165) is 40.6 Å². The largest absolute Gasteiger partial charge is 0.339 e. The molecule has 1 fully saturated rings. The van der Waals surface area contributed by atoms with Crippen LogP contribution >= 0.6 is 11.6 Å². The molecule has 1 saturated heterocycles. The lowest BCUT2D eigenvalue weighted by Gasteiger charge is -2.32. The number of nitrogens with one attached hydrogen (secondary N) is 1. The molecule has 0 saturated carbocycles. The summed E-state index contributed by atoms with van der Waals surface area (Å²) in [5.41, 5.74) is 4.83. The summed E-state index contributed by atoms with van der Waals surface area (Å²) >= 11 is 6.76. The van der Waals surface area contributed by atoms with E-state index in [2.05, 4.69) is 16.8 Å². The van der Waals surface area contributed by atoms with Crippen molar-refractivity contribution in [3.63, 3.8) is 0 Å². The molecule has 0 aliphatic carbocycles. The second-order valence-corrected chi connectivity index (χ2v) is 8.98. The van der Waals surface area contributed by atoms with Crippen molar-refractivity contribution in [1.29, 1.82) is 0 Å². The van der Waals surface area contributed by atoms with E-state index < -0.39 is 0 Å². The Bertz CT molecular complexity index is 1470. The number of halogens is 1. The minimum absolute atomic E-state index is 0.0466. The standard InChI is InChI=1S/C25H25ClN6O2/c1-4-21(33)31-12-10-16(11-13-31)32-15(2)23(24-17-14-27-28-19(17)9-8-18(24)26)25(29-32)20-6-5-7-22(34)30(20)3/h4-9,14,16H,1,10-13H2,2-3H3,(H,27,28). The lowest BCUT2D eigenvalue weighted by molar-refractivity contribution is -0.127. The first-order valence-electron chi connectivity index (χ1n) is 11.2. The number of aromatic nitrogens is 5. The van der Waals surface area contributed by atoms with Crippen molar-refractivity contribution in [2.45, 2.75) is 25.8 Å². The van der Waals surface area contributed by atoms with Crippen molar-refractivity contribution >= 4 is 28.4 Å². The number of carbonyl (C=O) groups is 1. The molecule has 0 bridgehead atoms. The Kier molecular flexibility index (Phi) is 5.61. The molecule has 8 nitrogen and oxygen atoms in total. The molecule has 0 spiro atoms. The van der Waals surface area contributed by atoms with Gasteiger partial charge in [0, 0.05) is 53.4 Å². The Balaban J connectivity index is 1.70. The average molecular weight is 477 g/mol. The van der Waals surface area contributed by atoms with Crippen LogP contribution in [0.2, 0.25) is 5.02 Å². The van der Waals surface area contributed by atoms with Crippen LogP contribution in [0.15, 0.2) is 54.0 Å². The number of pyridine rings is 1. The quantitative estimate of drug-likeness (QED) is 0.449. The molecule has 174 valence electrons. The van der Waals surface area contributed by atoms with Crippen LogP contribution in [-0.4, -0.2) is 48.4 Å². The molecule has 3 aromatic heterocycles. The Hall–Kier alpha value is -3.65. The molecule has 9 heteroatoms. The number of benzene rings is 1. The maximum Gasteiger partial charge on any atom is 0.250 e. The van der Waals surface area contributed by atoms with Crippen LogP contribution < -0.4 is 5.56 Å². The van der Waals surface area contributed by atoms with E-state index in [0.29, 0.717) is 29.5 Å². The molecule has 1 amide bonds. The number of likely N-dealkylation sites (tertiary alicyclic amines) is 1. The van der Waals surface area contributed by atoms with Gasteiger partial charge >= 0.3 is 0 Å². The number of fused-ring (bicyclic) bond motifs is 1. The fourth-order valence-electron chi connectivity index (χ4n) is 4.86. The highest BCUT2D eigenvalue weighted by Crippen LogP contribution is 2.42. The van der Waals surface area contributed by atoms with Crippen LogP contribution in [0.1, 0.15) is 24.6 Å². The zero-order valence-corrected chi connectivity index (χ0v) is 19.8. The second-order valence-electron chi connectivity index (χ2n) is 8.58. The van der Waals surface area contributed by atoms with Gasteiger partial charge in [-0.25, -0.2) is 0 Å². The monoisotopic (exact) mass is 476 g/mol. The number of nitrogens with zero attached hydrogens (tertiary/aromatic N) is 5. The van der Waals surface area contributed by atoms with Gasteiger partial charge in [0.2, 0.25) is 5.91 Å². The van der Waals surface area contributed by atoms with Crippen LogP contribution in [0.25, 0.3) is 33.4 Å². The topological polar surface area (TPSA) is 88.8 Å². The van der Waals surface area contributed by atoms with Crippen LogP contribution in [0, 0.1) is 6.92 Å². The minimum atomic E-state index is -0.112. The molecular weight excluding hydrogens is 452 g/mol. The normalized spacial score (nSPS) is 14.6. The summed E-state index contributed by atoms with van der Waals surface area (Å²) in [6, 6.07) is 9.04. The highest BCUT2D eigenvalue weighted by atomic mass is 35.5. The lowest BCUT2D eigenvalue weighted by Crippen LogP contribution is -2.38. The second kappa shape index (κ2) is 8.61. The van der Waals surface area contributed by atoms with Crippen molar-refractivity contribution < 1.29 is 4.79 Å². The molecule has 4 aromatic rings. The lowest BCUT2D eigenvalue weighted by atomic mass is 9.97. The van der Waals surface area contributed by atoms with Gasteiger partial charge in [-0.15, -0.1) is 0 Å². The molecule has 4 heterocycles. The molecule has 0 radical (unpaired) electrons. The minimum Gasteiger partial charge on any atom is -0.339 e. The van der Waals surface area contributed by atoms with E-state index in [-0.39, 0.29) is 17.5 Å². The third-order valence-electron chi connectivity index (χ3n) is 6.70. The molecule has 0 atom stereocenters. The predicted octanol–water partition coefficient (Wildman–Crippen LogP) is 4.10. The first-order chi connectivity index (χ1) is 16.4. The summed E-state index contributed by atoms with van der Waals surface area (Å²) in [6.07, 6.45) is 4.68. The van der Waals surface area contributed by atoms with Crippen molar-refractivity contribution in [2.75, 3.05) is 13.1 Å². The smallest absolute Gasteiger partial charge is 0.250 e. The zero-order chi connectivity index (χ0) is 24.0. The molecule has 1 aliphatic heterocycles. The van der Waals surface area contributed by atoms with Crippen LogP contribution in [-0.2, 0) is 11.8 Å². The number of carbonyl (C=O) groups excluding carboxylic acids is 1. The summed E-state index contributed by atoms with van der Waals surface area (Å²) in [5, 5.41) is 13.7. The van der Waals surface area contributed by atoms with E-state index >= 15 is 0 Å². The van der Waals surface area contributed by atoms with Crippen molar-refractivity contribution in [3.8, 4) is 22.5 Å². The van der Waals surface area contributed by atoms with E-state index in [9.17, 15) is 9.59 Å².